The number of anilines is 3. The molecule has 3 aromatic heterocycles. The minimum Gasteiger partial charge on any atom is -0.366 e. The van der Waals surface area contributed by atoms with Crippen molar-refractivity contribution in [2.24, 2.45) is 17.8 Å². The first-order chi connectivity index (χ1) is 14.0. The Morgan fingerprint density at radius 1 is 1.14 bits per heavy atom. The number of hydrogen-bond acceptors (Lipinski definition) is 5. The minimum absolute atomic E-state index is 0.286. The van der Waals surface area contributed by atoms with Gasteiger partial charge in [-0.15, -0.1) is 0 Å². The van der Waals surface area contributed by atoms with Gasteiger partial charge in [-0.25, -0.2) is 9.37 Å². The van der Waals surface area contributed by atoms with E-state index in [9.17, 15) is 0 Å². The van der Waals surface area contributed by atoms with E-state index in [0.29, 0.717) is 36.4 Å². The van der Waals surface area contributed by atoms with Gasteiger partial charge in [-0.05, 0) is 68.9 Å². The number of alkyl halides is 1. The monoisotopic (exact) mass is 392 g/mol. The summed E-state index contributed by atoms with van der Waals surface area (Å²) < 4.78 is 15.1. The van der Waals surface area contributed by atoms with Gasteiger partial charge in [0, 0.05) is 35.5 Å². The first-order valence-corrected chi connectivity index (χ1v) is 10.5. The zero-order valence-corrected chi connectivity index (χ0v) is 16.5. The molecule has 4 aliphatic carbocycles. The average Bonchev–Trinajstić information content (AvgIpc) is 3.08. The number of nitrogens with zero attached hydrogens (tertiary/aromatic N) is 3. The van der Waals surface area contributed by atoms with Crippen LogP contribution in [-0.2, 0) is 0 Å². The molecule has 7 rings (SSSR count). The van der Waals surface area contributed by atoms with Crippen molar-refractivity contribution in [2.75, 3.05) is 10.6 Å². The van der Waals surface area contributed by atoms with Crippen LogP contribution in [0.4, 0.5) is 21.8 Å². The van der Waals surface area contributed by atoms with Gasteiger partial charge in [-0.2, -0.15) is 5.10 Å². The van der Waals surface area contributed by atoms with Crippen molar-refractivity contribution in [3.8, 4) is 0 Å². The van der Waals surface area contributed by atoms with E-state index < -0.39 is 5.67 Å². The summed E-state index contributed by atoms with van der Waals surface area (Å²) in [6, 6.07) is 8.15. The highest BCUT2D eigenvalue weighted by atomic mass is 19.1. The van der Waals surface area contributed by atoms with Gasteiger partial charge >= 0.3 is 0 Å². The maximum Gasteiger partial charge on any atom is 0.153 e. The van der Waals surface area contributed by atoms with E-state index in [-0.39, 0.29) is 6.04 Å². The fourth-order valence-corrected chi connectivity index (χ4v) is 6.18. The Labute approximate surface area is 168 Å². The molecule has 7 heteroatoms. The van der Waals surface area contributed by atoms with Crippen molar-refractivity contribution in [1.29, 1.82) is 0 Å². The number of aryl methyl sites for hydroxylation is 1. The summed E-state index contributed by atoms with van der Waals surface area (Å²) in [6.45, 7) is 1.96. The number of halogens is 1. The number of fused-ring (bicyclic) bond motifs is 1. The van der Waals surface area contributed by atoms with Crippen LogP contribution in [0.3, 0.4) is 0 Å². The zero-order valence-electron chi connectivity index (χ0n) is 16.5. The van der Waals surface area contributed by atoms with Crippen LogP contribution in [0, 0.1) is 24.7 Å². The summed E-state index contributed by atoms with van der Waals surface area (Å²) in [5, 5.41) is 15.2. The lowest BCUT2D eigenvalue weighted by Gasteiger charge is -2.57. The fourth-order valence-electron chi connectivity index (χ4n) is 6.18. The summed E-state index contributed by atoms with van der Waals surface area (Å²) >= 11 is 0. The molecule has 4 bridgehead atoms. The van der Waals surface area contributed by atoms with Crippen molar-refractivity contribution in [3.05, 3.63) is 36.2 Å². The molecule has 6 nitrogen and oxygen atoms in total. The molecule has 4 aliphatic rings. The molecule has 3 aromatic rings. The van der Waals surface area contributed by atoms with Gasteiger partial charge in [0.2, 0.25) is 0 Å². The molecule has 0 spiro atoms. The lowest BCUT2D eigenvalue weighted by atomic mass is 9.53. The number of rotatable bonds is 4. The Kier molecular flexibility index (Phi) is 3.64. The largest absolute Gasteiger partial charge is 0.366 e. The van der Waals surface area contributed by atoms with Crippen molar-refractivity contribution in [3.63, 3.8) is 0 Å². The second-order valence-corrected chi connectivity index (χ2v) is 9.28. The number of aromatic amines is 1. The van der Waals surface area contributed by atoms with Crippen LogP contribution >= 0.6 is 0 Å². The predicted molar refractivity (Wildman–Crippen MR) is 111 cm³/mol. The van der Waals surface area contributed by atoms with Gasteiger partial charge in [0.15, 0.2) is 5.82 Å². The van der Waals surface area contributed by atoms with Gasteiger partial charge in [0.25, 0.3) is 0 Å². The highest BCUT2D eigenvalue weighted by Gasteiger charge is 2.56. The van der Waals surface area contributed by atoms with Crippen LogP contribution in [-0.4, -0.2) is 31.9 Å². The van der Waals surface area contributed by atoms with E-state index in [4.69, 9.17) is 4.98 Å². The molecule has 3 N–H and O–H groups in total. The molecule has 0 radical (unpaired) electrons. The smallest absolute Gasteiger partial charge is 0.153 e. The molecule has 0 saturated heterocycles. The first-order valence-electron chi connectivity index (χ1n) is 10.5. The third kappa shape index (κ3) is 2.94. The maximum atomic E-state index is 15.1. The maximum absolute atomic E-state index is 15.1. The van der Waals surface area contributed by atoms with Crippen molar-refractivity contribution >= 4 is 28.4 Å². The van der Waals surface area contributed by atoms with Crippen LogP contribution in [0.5, 0.6) is 0 Å². The Morgan fingerprint density at radius 2 is 1.97 bits per heavy atom. The summed E-state index contributed by atoms with van der Waals surface area (Å²) in [5.41, 5.74) is 0.941. The number of nitrogens with one attached hydrogen (secondary N) is 3. The van der Waals surface area contributed by atoms with Crippen LogP contribution in [0.25, 0.3) is 10.9 Å². The van der Waals surface area contributed by atoms with Gasteiger partial charge in [-0.3, -0.25) is 10.1 Å². The van der Waals surface area contributed by atoms with Gasteiger partial charge in [0.05, 0.1) is 5.52 Å². The fraction of sp³-hybridized carbons (Fsp3) is 0.500. The number of aromatic nitrogens is 4. The van der Waals surface area contributed by atoms with E-state index in [1.165, 1.54) is 0 Å². The molecule has 0 amide bonds. The summed E-state index contributed by atoms with van der Waals surface area (Å²) in [7, 11) is 0. The zero-order chi connectivity index (χ0) is 19.6. The van der Waals surface area contributed by atoms with Crippen LogP contribution in [0.1, 0.15) is 37.8 Å². The second-order valence-electron chi connectivity index (χ2n) is 9.28. The molecular weight excluding hydrogens is 367 g/mol. The normalized spacial score (nSPS) is 32.6. The van der Waals surface area contributed by atoms with Gasteiger partial charge in [-0.1, -0.05) is 0 Å². The van der Waals surface area contributed by atoms with Gasteiger partial charge < -0.3 is 10.6 Å². The molecule has 2 atom stereocenters. The van der Waals surface area contributed by atoms with E-state index >= 15 is 4.39 Å². The molecular formula is C22H25FN6. The minimum atomic E-state index is -0.924. The summed E-state index contributed by atoms with van der Waals surface area (Å²) in [5.74, 6) is 3.62. The SMILES string of the molecule is Cc1cc(Nc2cc3ncccc3c(NC3C4CC5CC3CC(F)(C5)C4)n2)n[nH]1. The quantitative estimate of drug-likeness (QED) is 0.598. The van der Waals surface area contributed by atoms with Crippen molar-refractivity contribution in [1.82, 2.24) is 20.2 Å². The van der Waals surface area contributed by atoms with Crippen molar-refractivity contribution < 1.29 is 4.39 Å². The van der Waals surface area contributed by atoms with E-state index in [0.717, 1.165) is 47.5 Å². The predicted octanol–water partition coefficient (Wildman–Crippen LogP) is 4.73. The molecule has 29 heavy (non-hydrogen) atoms. The molecule has 2 unspecified atom stereocenters. The lowest BCUT2D eigenvalue weighted by Crippen LogP contribution is -2.57. The second kappa shape index (κ2) is 6.15. The molecule has 0 aromatic carbocycles. The molecule has 0 aliphatic heterocycles. The molecule has 4 saturated carbocycles. The first kappa shape index (κ1) is 17.2. The van der Waals surface area contributed by atoms with E-state index in [1.807, 2.05) is 31.2 Å². The molecule has 4 fully saturated rings. The van der Waals surface area contributed by atoms with Crippen LogP contribution < -0.4 is 10.6 Å². The molecule has 3 heterocycles. The van der Waals surface area contributed by atoms with E-state index in [2.05, 4.69) is 25.8 Å². The summed E-state index contributed by atoms with van der Waals surface area (Å²) in [4.78, 5) is 9.40. The average molecular weight is 392 g/mol. The van der Waals surface area contributed by atoms with Crippen LogP contribution in [0.15, 0.2) is 30.5 Å². The highest BCUT2D eigenvalue weighted by molar-refractivity contribution is 5.91. The highest BCUT2D eigenvalue weighted by Crippen LogP contribution is 2.57. The Morgan fingerprint density at radius 3 is 2.69 bits per heavy atom. The van der Waals surface area contributed by atoms with Gasteiger partial charge in [0.1, 0.15) is 17.3 Å². The Balaban J connectivity index is 1.35. The van der Waals surface area contributed by atoms with Crippen LogP contribution in [0.2, 0.25) is 0 Å². The summed E-state index contributed by atoms with van der Waals surface area (Å²) in [6.07, 6.45) is 6.24. The molecule has 150 valence electrons. The Bertz CT molecular complexity index is 1060. The third-order valence-electron chi connectivity index (χ3n) is 7.06. The lowest BCUT2D eigenvalue weighted by molar-refractivity contribution is -0.0801. The topological polar surface area (TPSA) is 78.5 Å². The van der Waals surface area contributed by atoms with E-state index in [1.54, 1.807) is 6.20 Å². The number of H-pyrrole nitrogens is 1. The Hall–Kier alpha value is -2.70. The number of pyridine rings is 2. The van der Waals surface area contributed by atoms with Crippen molar-refractivity contribution in [2.45, 2.75) is 50.7 Å². The number of hydrogen-bond donors (Lipinski definition) is 3. The standard InChI is InChI=1S/C22H25FN6/c1-12-5-19(29-28-12)25-18-8-17-16(3-2-4-24-17)21(26-18)27-20-14-6-13-7-15(20)11-22(23,9-13)10-14/h2-5,8,13-15,20H,6-7,9-11H2,1H3,(H3,25,26,27,28,29). The third-order valence-corrected chi connectivity index (χ3v) is 7.06.